The fourth-order valence-corrected chi connectivity index (χ4v) is 2.73. The Balaban J connectivity index is 1.55. The molecule has 1 heterocycles. The van der Waals surface area contributed by atoms with Crippen molar-refractivity contribution in [3.63, 3.8) is 0 Å². The number of aromatic carboxylic acids is 1. The summed E-state index contributed by atoms with van der Waals surface area (Å²) in [4.78, 5) is 22.9. The van der Waals surface area contributed by atoms with E-state index < -0.39 is 5.97 Å². The number of carbonyl (C=O) groups excluding carboxylic acids is 1. The number of hydrogen-bond acceptors (Lipinski definition) is 3. The van der Waals surface area contributed by atoms with E-state index >= 15 is 0 Å². The molecule has 1 aliphatic rings. The van der Waals surface area contributed by atoms with Crippen molar-refractivity contribution in [2.24, 2.45) is 0 Å². The van der Waals surface area contributed by atoms with Crippen molar-refractivity contribution in [3.05, 3.63) is 59.2 Å². The van der Waals surface area contributed by atoms with Crippen LogP contribution in [0, 0.1) is 0 Å². The molecule has 0 saturated carbocycles. The van der Waals surface area contributed by atoms with Gasteiger partial charge in [0.25, 0.3) is 0 Å². The normalized spacial score (nSPS) is 12.8. The molecule has 3 rings (SSSR count). The summed E-state index contributed by atoms with van der Waals surface area (Å²) in [6.07, 6.45) is 2.88. The number of aryl methyl sites for hydroxylation is 2. The molecule has 24 heavy (non-hydrogen) atoms. The Labute approximate surface area is 140 Å². The first-order chi connectivity index (χ1) is 11.6. The number of rotatable bonds is 5. The first-order valence-corrected chi connectivity index (χ1v) is 7.99. The van der Waals surface area contributed by atoms with Crippen LogP contribution in [-0.4, -0.2) is 23.6 Å². The van der Waals surface area contributed by atoms with Gasteiger partial charge in [-0.1, -0.05) is 12.1 Å². The Morgan fingerprint density at radius 2 is 1.92 bits per heavy atom. The first-order valence-electron chi connectivity index (χ1n) is 7.99. The minimum absolute atomic E-state index is 0.0611. The zero-order chi connectivity index (χ0) is 16.9. The van der Waals surface area contributed by atoms with E-state index in [9.17, 15) is 9.59 Å². The maximum Gasteiger partial charge on any atom is 0.335 e. The summed E-state index contributed by atoms with van der Waals surface area (Å²) in [5.41, 5.74) is 3.10. The molecule has 2 aromatic carbocycles. The zero-order valence-electron chi connectivity index (χ0n) is 13.2. The van der Waals surface area contributed by atoms with Gasteiger partial charge in [-0.3, -0.25) is 4.79 Å². The Hall–Kier alpha value is -2.82. The molecule has 0 fully saturated rings. The topological polar surface area (TPSA) is 75.6 Å². The number of fused-ring (bicyclic) bond motifs is 1. The van der Waals surface area contributed by atoms with E-state index in [-0.39, 0.29) is 11.5 Å². The Morgan fingerprint density at radius 1 is 1.12 bits per heavy atom. The molecule has 5 nitrogen and oxygen atoms in total. The van der Waals surface area contributed by atoms with Crippen LogP contribution in [-0.2, 0) is 17.6 Å². The summed E-state index contributed by atoms with van der Waals surface area (Å²) in [6, 6.07) is 12.3. The van der Waals surface area contributed by atoms with Crippen LogP contribution < -0.4 is 10.1 Å². The molecule has 0 aromatic heterocycles. The molecule has 1 aliphatic heterocycles. The number of anilines is 1. The molecule has 2 aromatic rings. The minimum atomic E-state index is -0.948. The van der Waals surface area contributed by atoms with Crippen LogP contribution in [0.15, 0.2) is 42.5 Å². The fourth-order valence-electron chi connectivity index (χ4n) is 2.73. The fraction of sp³-hybridized carbons (Fsp3) is 0.263. The van der Waals surface area contributed by atoms with Gasteiger partial charge in [-0.15, -0.1) is 0 Å². The molecule has 0 atom stereocenters. The first kappa shape index (κ1) is 16.1. The molecule has 0 unspecified atom stereocenters. The summed E-state index contributed by atoms with van der Waals surface area (Å²) in [6.45, 7) is 0.749. The van der Waals surface area contributed by atoms with E-state index in [0.29, 0.717) is 12.8 Å². The second-order valence-corrected chi connectivity index (χ2v) is 5.82. The van der Waals surface area contributed by atoms with E-state index in [0.717, 1.165) is 42.0 Å². The number of carboxylic acids is 1. The summed E-state index contributed by atoms with van der Waals surface area (Å²) in [5, 5.41) is 11.8. The number of hydrogen-bond donors (Lipinski definition) is 2. The van der Waals surface area contributed by atoms with Crippen molar-refractivity contribution in [1.29, 1.82) is 0 Å². The molecule has 2 N–H and O–H groups in total. The SMILES string of the molecule is O=C(CCc1ccc(C(=O)O)cc1)Nc1ccc2c(c1)CCCO2. The van der Waals surface area contributed by atoms with Crippen molar-refractivity contribution in [2.45, 2.75) is 25.7 Å². The van der Waals surface area contributed by atoms with Crippen molar-refractivity contribution in [2.75, 3.05) is 11.9 Å². The molecule has 124 valence electrons. The lowest BCUT2D eigenvalue weighted by atomic mass is 10.1. The Kier molecular flexibility index (Phi) is 4.79. The predicted molar refractivity (Wildman–Crippen MR) is 90.6 cm³/mol. The van der Waals surface area contributed by atoms with Crippen molar-refractivity contribution in [1.82, 2.24) is 0 Å². The quantitative estimate of drug-likeness (QED) is 0.884. The Bertz CT molecular complexity index is 752. The molecule has 0 saturated heterocycles. The second-order valence-electron chi connectivity index (χ2n) is 5.82. The lowest BCUT2D eigenvalue weighted by molar-refractivity contribution is -0.116. The zero-order valence-corrected chi connectivity index (χ0v) is 13.2. The standard InChI is InChI=1S/C19H19NO4/c21-18(10-5-13-3-6-14(7-4-13)19(22)23)20-16-8-9-17-15(12-16)2-1-11-24-17/h3-4,6-9,12H,1-2,5,10-11H2,(H,20,21)(H,22,23). The molecule has 0 aliphatic carbocycles. The number of carbonyl (C=O) groups is 2. The van der Waals surface area contributed by atoms with Gasteiger partial charge in [-0.25, -0.2) is 4.79 Å². The largest absolute Gasteiger partial charge is 0.493 e. The third-order valence-corrected chi connectivity index (χ3v) is 4.03. The number of benzene rings is 2. The van der Waals surface area contributed by atoms with Crippen molar-refractivity contribution >= 4 is 17.6 Å². The van der Waals surface area contributed by atoms with Gasteiger partial charge in [-0.2, -0.15) is 0 Å². The van der Waals surface area contributed by atoms with Crippen molar-refractivity contribution in [3.8, 4) is 5.75 Å². The highest BCUT2D eigenvalue weighted by Crippen LogP contribution is 2.27. The minimum Gasteiger partial charge on any atom is -0.493 e. The third kappa shape index (κ3) is 3.93. The van der Waals surface area contributed by atoms with Gasteiger partial charge in [0.15, 0.2) is 0 Å². The van der Waals surface area contributed by atoms with Gasteiger partial charge >= 0.3 is 5.97 Å². The summed E-state index contributed by atoms with van der Waals surface area (Å²) < 4.78 is 5.56. The maximum atomic E-state index is 12.1. The summed E-state index contributed by atoms with van der Waals surface area (Å²) in [5.74, 6) is -0.109. The summed E-state index contributed by atoms with van der Waals surface area (Å²) in [7, 11) is 0. The van der Waals surface area contributed by atoms with Crippen LogP contribution in [0.25, 0.3) is 0 Å². The second kappa shape index (κ2) is 7.17. The van der Waals surface area contributed by atoms with Crippen LogP contribution >= 0.6 is 0 Å². The molecular weight excluding hydrogens is 306 g/mol. The molecular formula is C19H19NO4. The van der Waals surface area contributed by atoms with Crippen LogP contribution in [0.2, 0.25) is 0 Å². The summed E-state index contributed by atoms with van der Waals surface area (Å²) >= 11 is 0. The predicted octanol–water partition coefficient (Wildman–Crippen LogP) is 3.28. The van der Waals surface area contributed by atoms with E-state index in [1.165, 1.54) is 0 Å². The maximum absolute atomic E-state index is 12.1. The highest BCUT2D eigenvalue weighted by molar-refractivity contribution is 5.91. The van der Waals surface area contributed by atoms with E-state index in [4.69, 9.17) is 9.84 Å². The van der Waals surface area contributed by atoms with Gasteiger partial charge < -0.3 is 15.2 Å². The Morgan fingerprint density at radius 3 is 2.67 bits per heavy atom. The molecule has 0 spiro atoms. The number of amides is 1. The third-order valence-electron chi connectivity index (χ3n) is 4.03. The van der Waals surface area contributed by atoms with Gasteiger partial charge in [0.2, 0.25) is 5.91 Å². The smallest absolute Gasteiger partial charge is 0.335 e. The lowest BCUT2D eigenvalue weighted by Crippen LogP contribution is -2.14. The van der Waals surface area contributed by atoms with Crippen LogP contribution in [0.5, 0.6) is 5.75 Å². The highest BCUT2D eigenvalue weighted by Gasteiger charge is 2.11. The van der Waals surface area contributed by atoms with Gasteiger partial charge in [0.1, 0.15) is 5.75 Å². The van der Waals surface area contributed by atoms with Gasteiger partial charge in [0.05, 0.1) is 12.2 Å². The van der Waals surface area contributed by atoms with Crippen LogP contribution in [0.3, 0.4) is 0 Å². The number of nitrogens with one attached hydrogen (secondary N) is 1. The van der Waals surface area contributed by atoms with Crippen molar-refractivity contribution < 1.29 is 19.4 Å². The van der Waals surface area contributed by atoms with Gasteiger partial charge in [0, 0.05) is 12.1 Å². The highest BCUT2D eigenvalue weighted by atomic mass is 16.5. The van der Waals surface area contributed by atoms with Crippen LogP contribution in [0.1, 0.15) is 34.3 Å². The van der Waals surface area contributed by atoms with Gasteiger partial charge in [-0.05, 0) is 60.7 Å². The average Bonchev–Trinajstić information content (AvgIpc) is 2.60. The lowest BCUT2D eigenvalue weighted by Gasteiger charge is -2.18. The van der Waals surface area contributed by atoms with Crippen LogP contribution in [0.4, 0.5) is 5.69 Å². The number of ether oxygens (including phenoxy) is 1. The number of carboxylic acid groups (broad SMARTS) is 1. The van der Waals surface area contributed by atoms with E-state index in [1.54, 1.807) is 24.3 Å². The molecule has 5 heteroatoms. The van der Waals surface area contributed by atoms with E-state index in [1.807, 2.05) is 18.2 Å². The monoisotopic (exact) mass is 325 g/mol. The van der Waals surface area contributed by atoms with E-state index in [2.05, 4.69) is 5.32 Å². The molecule has 0 radical (unpaired) electrons. The molecule has 1 amide bonds. The molecule has 0 bridgehead atoms. The average molecular weight is 325 g/mol.